The summed E-state index contributed by atoms with van der Waals surface area (Å²) in [7, 11) is 1.55. The van der Waals surface area contributed by atoms with Crippen LogP contribution in [0, 0.1) is 23.7 Å². The molecule has 4 aliphatic heterocycles. The van der Waals surface area contributed by atoms with Gasteiger partial charge in [0, 0.05) is 25.2 Å². The summed E-state index contributed by atoms with van der Waals surface area (Å²) in [5.41, 5.74) is 2.54. The van der Waals surface area contributed by atoms with E-state index in [0.717, 1.165) is 17.7 Å². The molecule has 10 atom stereocenters. The van der Waals surface area contributed by atoms with Crippen molar-refractivity contribution in [3.05, 3.63) is 58.7 Å². The van der Waals surface area contributed by atoms with Crippen LogP contribution in [0.4, 0.5) is 0 Å². The monoisotopic (exact) mass is 721 g/mol. The molecule has 0 aromatic rings. The van der Waals surface area contributed by atoms with Gasteiger partial charge in [0.2, 0.25) is 0 Å². The molecule has 2 N–H and O–H groups in total. The molecule has 0 radical (unpaired) electrons. The van der Waals surface area contributed by atoms with E-state index in [1.165, 1.54) is 5.57 Å². The van der Waals surface area contributed by atoms with Gasteiger partial charge in [-0.15, -0.1) is 0 Å². The minimum atomic E-state index is -1.74. The first kappa shape index (κ1) is 37.8. The van der Waals surface area contributed by atoms with E-state index in [2.05, 4.69) is 64.9 Å². The number of fused-ring (bicyclic) bond motifs is 2. The van der Waals surface area contributed by atoms with Crippen molar-refractivity contribution < 1.29 is 38.8 Å². The Bertz CT molecular complexity index is 1350. The summed E-state index contributed by atoms with van der Waals surface area (Å²) in [4.78, 5) is 19.4. The van der Waals surface area contributed by atoms with Crippen LogP contribution in [-0.2, 0) is 28.6 Å². The topological polar surface area (TPSA) is 116 Å². The van der Waals surface area contributed by atoms with Crippen LogP contribution in [0.25, 0.3) is 0 Å². The first-order valence-electron chi connectivity index (χ1n) is 16.8. The van der Waals surface area contributed by atoms with E-state index < -0.39 is 41.6 Å². The van der Waals surface area contributed by atoms with Crippen molar-refractivity contribution in [2.24, 2.45) is 28.8 Å². The molecule has 5 rings (SSSR count). The van der Waals surface area contributed by atoms with Crippen LogP contribution in [0.1, 0.15) is 80.6 Å². The van der Waals surface area contributed by atoms with Gasteiger partial charge in [0.1, 0.15) is 36.9 Å². The van der Waals surface area contributed by atoms with Crippen molar-refractivity contribution in [2.75, 3.05) is 13.7 Å². The number of oxime groups is 1. The number of rotatable bonds is 3. The molecule has 0 aromatic carbocycles. The van der Waals surface area contributed by atoms with E-state index in [-0.39, 0.29) is 47.7 Å². The van der Waals surface area contributed by atoms with Crippen LogP contribution < -0.4 is 0 Å². The normalized spacial score (nSPS) is 43.6. The molecule has 2 bridgehead atoms. The number of aliphatic hydroxyl groups excluding tert-OH is 1. The fraction of sp³-hybridized carbons (Fsp3) is 0.676. The van der Waals surface area contributed by atoms with Crippen LogP contribution >= 0.6 is 0 Å². The third kappa shape index (κ3) is 7.90. The van der Waals surface area contributed by atoms with E-state index >= 15 is 0 Å². The van der Waals surface area contributed by atoms with Gasteiger partial charge in [-0.3, -0.25) is 4.79 Å². The Kier molecular flexibility index (Phi) is 12.2. The summed E-state index contributed by atoms with van der Waals surface area (Å²) in [5, 5.41) is 27.6. The molecular weight excluding hydrogens is 665 g/mol. The van der Waals surface area contributed by atoms with E-state index in [1.807, 2.05) is 12.2 Å². The molecule has 5 aliphatic rings. The predicted octanol–water partition coefficient (Wildman–Crippen LogP) is 4.81. The van der Waals surface area contributed by atoms with Crippen LogP contribution in [0.3, 0.4) is 0 Å². The average molecular weight is 721 g/mol. The number of ether oxygens (including phenoxy) is 4. The number of nitrogens with zero attached hydrogens (tertiary/aromatic N) is 1. The Morgan fingerprint density at radius 3 is 2.64 bits per heavy atom. The molecule has 262 valence electrons. The molecule has 0 aromatic heterocycles. The van der Waals surface area contributed by atoms with Crippen molar-refractivity contribution in [1.82, 2.24) is 0 Å². The first-order valence-corrected chi connectivity index (χ1v) is 16.8. The third-order valence-corrected chi connectivity index (χ3v) is 10.1. The van der Waals surface area contributed by atoms with E-state index in [0.29, 0.717) is 42.7 Å². The summed E-state index contributed by atoms with van der Waals surface area (Å²) in [6, 6.07) is 0. The Balaban J connectivity index is 0.00000500. The zero-order chi connectivity index (χ0) is 33.4. The number of aliphatic hydroxyl groups is 2. The van der Waals surface area contributed by atoms with Crippen molar-refractivity contribution in [3.63, 3.8) is 0 Å². The van der Waals surface area contributed by atoms with Crippen LogP contribution in [0.5, 0.6) is 0 Å². The van der Waals surface area contributed by atoms with Crippen LogP contribution in [0.15, 0.2) is 63.9 Å². The average Bonchev–Trinajstić information content (AvgIpc) is 3.31. The fourth-order valence-corrected chi connectivity index (χ4v) is 7.94. The molecule has 0 amide bonds. The molecule has 1 aliphatic carbocycles. The molecule has 3 fully saturated rings. The van der Waals surface area contributed by atoms with Crippen molar-refractivity contribution in [1.29, 1.82) is 0 Å². The quantitative estimate of drug-likeness (QED) is 0.185. The van der Waals surface area contributed by atoms with Crippen molar-refractivity contribution >= 4 is 28.7 Å². The molecule has 4 heterocycles. The summed E-state index contributed by atoms with van der Waals surface area (Å²) in [5.74, 6) is -2.15. The number of hydrogen-bond donors (Lipinski definition) is 2. The number of allylic oxidation sites excluding steroid dienone is 5. The van der Waals surface area contributed by atoms with Crippen LogP contribution in [0.2, 0.25) is 0 Å². The molecule has 9 nitrogen and oxygen atoms in total. The standard InChI is InChI=1S/C37H53NO8.H2Se/c1-21(2)14-25(6)33-26(7)31(38-42-8)19-36(46-33)18-29-17-28(45-36)13-12-23(4)15-22(3)10-9-11-27-20-43-34-32(39)24(5)16-30(35(40)44-29)37(27,34)41;/h9-12,14,16,21-22,26,28-30,32-34,39,41H,13,15,17-20H2,1-8H3;1H2/b10-9+,23-12+,25-14+,27-11+,38-31-;/t22-,26-,28+,29-,30-,32+,33+,34+,36-,37+;/m0./s1. The zero-order valence-corrected chi connectivity index (χ0v) is 31.3. The van der Waals surface area contributed by atoms with Crippen molar-refractivity contribution in [3.8, 4) is 0 Å². The Hall–Kier alpha value is -2.04. The van der Waals surface area contributed by atoms with Gasteiger partial charge in [0.15, 0.2) is 5.79 Å². The maximum absolute atomic E-state index is 14.2. The Labute approximate surface area is 290 Å². The number of esters is 1. The second-order valence-corrected chi connectivity index (χ2v) is 14.5. The summed E-state index contributed by atoms with van der Waals surface area (Å²) in [6.45, 7) is 14.6. The van der Waals surface area contributed by atoms with Gasteiger partial charge >= 0.3 is 23.0 Å². The van der Waals surface area contributed by atoms with Gasteiger partial charge in [-0.2, -0.15) is 0 Å². The SMILES string of the molecule is CO/N=C1/C[C@]2(C[C@@H]3C[C@@H](C/C=C(\C)C[C@@H](C)/C=C/C=C4\CO[C@@H]5[C@H](O)C(C)=C[C@@H](C(=O)O3)[C@]45O)O2)O[C@H](/C(C)=C/C(C)C)[C@H]1C.[SeH2]. The van der Waals surface area contributed by atoms with Gasteiger partial charge in [0.05, 0.1) is 24.5 Å². The second kappa shape index (κ2) is 15.2. The van der Waals surface area contributed by atoms with E-state index in [9.17, 15) is 15.0 Å². The van der Waals surface area contributed by atoms with Gasteiger partial charge in [0.25, 0.3) is 0 Å². The van der Waals surface area contributed by atoms with Crippen molar-refractivity contribution in [2.45, 2.75) is 122 Å². The Morgan fingerprint density at radius 2 is 1.94 bits per heavy atom. The molecule has 47 heavy (non-hydrogen) atoms. The number of carbonyl (C=O) groups is 1. The summed E-state index contributed by atoms with van der Waals surface area (Å²) in [6.07, 6.45) is 11.4. The van der Waals surface area contributed by atoms with Gasteiger partial charge in [-0.1, -0.05) is 74.9 Å². The molecule has 0 unspecified atom stereocenters. The van der Waals surface area contributed by atoms with Gasteiger partial charge in [-0.05, 0) is 62.2 Å². The van der Waals surface area contributed by atoms with Crippen LogP contribution in [-0.4, -0.2) is 94.6 Å². The van der Waals surface area contributed by atoms with Gasteiger partial charge in [-0.25, -0.2) is 0 Å². The Morgan fingerprint density at radius 1 is 1.19 bits per heavy atom. The third-order valence-electron chi connectivity index (χ3n) is 10.1. The minimum absolute atomic E-state index is 0. The summed E-state index contributed by atoms with van der Waals surface area (Å²) >= 11 is 0. The van der Waals surface area contributed by atoms with E-state index in [4.69, 9.17) is 23.8 Å². The zero-order valence-electron chi connectivity index (χ0n) is 29.2. The first-order chi connectivity index (χ1) is 21.8. The maximum atomic E-state index is 14.2. The van der Waals surface area contributed by atoms with E-state index in [1.54, 1.807) is 20.1 Å². The molecule has 1 spiro atoms. The molecule has 0 saturated carbocycles. The van der Waals surface area contributed by atoms with Gasteiger partial charge < -0.3 is 34.0 Å². The number of hydrogen-bond acceptors (Lipinski definition) is 9. The second-order valence-electron chi connectivity index (χ2n) is 14.5. The molecular formula is C37H55NO8Se. The molecule has 3 saturated heterocycles. The fourth-order valence-electron chi connectivity index (χ4n) is 7.94. The summed E-state index contributed by atoms with van der Waals surface area (Å²) < 4.78 is 26.0. The predicted molar refractivity (Wildman–Crippen MR) is 184 cm³/mol. The number of carbonyl (C=O) groups excluding carboxylic acids is 1. The molecule has 10 heteroatoms.